The molecule has 0 atom stereocenters. The number of aromatic nitrogens is 3. The number of nitrogens with two attached hydrogens (primary N) is 1. The molecule has 4 N–H and O–H groups in total. The van der Waals surface area contributed by atoms with Crippen LogP contribution in [0.3, 0.4) is 0 Å². The highest BCUT2D eigenvalue weighted by molar-refractivity contribution is 5.99. The number of nitrogens with one attached hydrogen (secondary N) is 2. The predicted octanol–water partition coefficient (Wildman–Crippen LogP) is 3.81. The highest BCUT2D eigenvalue weighted by Gasteiger charge is 2.16. The predicted molar refractivity (Wildman–Crippen MR) is 85.7 cm³/mol. The van der Waals surface area contributed by atoms with E-state index in [-0.39, 0.29) is 0 Å². The molecule has 0 bridgehead atoms. The SMILES string of the molecule is Nc1n[nH]c(-c2cccc3cc[nH]c23)c1-c1ccccc1. The van der Waals surface area contributed by atoms with Gasteiger partial charge in [0.15, 0.2) is 5.82 Å². The maximum absolute atomic E-state index is 6.08. The first-order valence-corrected chi connectivity index (χ1v) is 6.80. The molecule has 0 spiro atoms. The fourth-order valence-corrected chi connectivity index (χ4v) is 2.74. The van der Waals surface area contributed by atoms with Crippen molar-refractivity contribution in [2.75, 3.05) is 5.73 Å². The smallest absolute Gasteiger partial charge is 0.153 e. The molecule has 4 nitrogen and oxygen atoms in total. The highest BCUT2D eigenvalue weighted by atomic mass is 15.2. The van der Waals surface area contributed by atoms with Gasteiger partial charge in [0.1, 0.15) is 0 Å². The topological polar surface area (TPSA) is 70.5 Å². The lowest BCUT2D eigenvalue weighted by molar-refractivity contribution is 1.10. The van der Waals surface area contributed by atoms with E-state index in [1.807, 2.05) is 42.6 Å². The highest BCUT2D eigenvalue weighted by Crippen LogP contribution is 2.37. The minimum Gasteiger partial charge on any atom is -0.382 e. The van der Waals surface area contributed by atoms with Crippen LogP contribution in [0.1, 0.15) is 0 Å². The van der Waals surface area contributed by atoms with Crippen molar-refractivity contribution in [3.05, 3.63) is 60.8 Å². The number of hydrogen-bond acceptors (Lipinski definition) is 2. The lowest BCUT2D eigenvalue weighted by Crippen LogP contribution is -1.89. The van der Waals surface area contributed by atoms with Crippen molar-refractivity contribution in [1.82, 2.24) is 15.2 Å². The van der Waals surface area contributed by atoms with Gasteiger partial charge in [-0.3, -0.25) is 5.10 Å². The van der Waals surface area contributed by atoms with Gasteiger partial charge in [-0.05, 0) is 11.6 Å². The lowest BCUT2D eigenvalue weighted by atomic mass is 9.99. The van der Waals surface area contributed by atoms with Gasteiger partial charge in [0.05, 0.1) is 16.8 Å². The van der Waals surface area contributed by atoms with E-state index >= 15 is 0 Å². The summed E-state index contributed by atoms with van der Waals surface area (Å²) in [6, 6.07) is 18.3. The van der Waals surface area contributed by atoms with Crippen molar-refractivity contribution in [2.45, 2.75) is 0 Å². The third kappa shape index (κ3) is 1.80. The molecule has 0 aliphatic heterocycles. The average molecular weight is 274 g/mol. The number of nitrogen functional groups attached to an aromatic ring is 1. The summed E-state index contributed by atoms with van der Waals surface area (Å²) >= 11 is 0. The molecule has 0 saturated carbocycles. The molecule has 0 aliphatic rings. The quantitative estimate of drug-likeness (QED) is 0.520. The average Bonchev–Trinajstić information content (AvgIpc) is 3.14. The zero-order valence-corrected chi connectivity index (χ0v) is 11.3. The van der Waals surface area contributed by atoms with Crippen molar-refractivity contribution in [3.8, 4) is 22.4 Å². The summed E-state index contributed by atoms with van der Waals surface area (Å²) in [5, 5.41) is 8.44. The number of nitrogens with zero attached hydrogens (tertiary/aromatic N) is 1. The number of aromatic amines is 2. The molecule has 21 heavy (non-hydrogen) atoms. The van der Waals surface area contributed by atoms with E-state index in [2.05, 4.69) is 33.4 Å². The molecule has 4 aromatic rings. The molecule has 2 aromatic carbocycles. The normalized spacial score (nSPS) is 11.0. The summed E-state index contributed by atoms with van der Waals surface area (Å²) in [6.07, 6.45) is 1.94. The first kappa shape index (κ1) is 11.8. The Morgan fingerprint density at radius 1 is 0.905 bits per heavy atom. The maximum atomic E-state index is 6.08. The van der Waals surface area contributed by atoms with Gasteiger partial charge in [0.2, 0.25) is 0 Å². The number of anilines is 1. The standard InChI is InChI=1S/C17H14N4/c18-17-14(11-5-2-1-3-6-11)16(20-21-17)13-8-4-7-12-9-10-19-15(12)13/h1-10,19H,(H3,18,20,21). The molecule has 0 radical (unpaired) electrons. The van der Waals surface area contributed by atoms with E-state index in [4.69, 9.17) is 5.73 Å². The first-order valence-electron chi connectivity index (χ1n) is 6.80. The molecule has 102 valence electrons. The largest absolute Gasteiger partial charge is 0.382 e. The van der Waals surface area contributed by atoms with Crippen LogP contribution >= 0.6 is 0 Å². The fourth-order valence-electron chi connectivity index (χ4n) is 2.74. The molecular weight excluding hydrogens is 260 g/mol. The maximum Gasteiger partial charge on any atom is 0.153 e. The van der Waals surface area contributed by atoms with E-state index in [1.165, 1.54) is 5.39 Å². The van der Waals surface area contributed by atoms with Crippen molar-refractivity contribution in [2.24, 2.45) is 0 Å². The van der Waals surface area contributed by atoms with Crippen LogP contribution in [0, 0.1) is 0 Å². The molecule has 2 heterocycles. The number of hydrogen-bond donors (Lipinski definition) is 3. The summed E-state index contributed by atoms with van der Waals surface area (Å²) in [5.41, 5.74) is 11.2. The Morgan fingerprint density at radius 3 is 2.62 bits per heavy atom. The molecular formula is C17H14N4. The summed E-state index contributed by atoms with van der Waals surface area (Å²) in [4.78, 5) is 3.29. The molecule has 0 saturated heterocycles. The third-order valence-electron chi connectivity index (χ3n) is 3.71. The van der Waals surface area contributed by atoms with Gasteiger partial charge in [-0.15, -0.1) is 0 Å². The zero-order valence-electron chi connectivity index (χ0n) is 11.3. The monoisotopic (exact) mass is 274 g/mol. The van der Waals surface area contributed by atoms with Crippen molar-refractivity contribution in [1.29, 1.82) is 0 Å². The van der Waals surface area contributed by atoms with Gasteiger partial charge in [-0.1, -0.05) is 48.5 Å². The van der Waals surface area contributed by atoms with Gasteiger partial charge in [-0.2, -0.15) is 5.10 Å². The Bertz CT molecular complexity index is 903. The van der Waals surface area contributed by atoms with E-state index in [0.29, 0.717) is 5.82 Å². The molecule has 4 heteroatoms. The number of H-pyrrole nitrogens is 2. The summed E-state index contributed by atoms with van der Waals surface area (Å²) < 4.78 is 0. The number of fused-ring (bicyclic) bond motifs is 1. The minimum absolute atomic E-state index is 0.514. The van der Waals surface area contributed by atoms with E-state index in [1.54, 1.807) is 0 Å². The Morgan fingerprint density at radius 2 is 1.76 bits per heavy atom. The molecule has 2 aromatic heterocycles. The van der Waals surface area contributed by atoms with Crippen LogP contribution in [0.25, 0.3) is 33.3 Å². The minimum atomic E-state index is 0.514. The summed E-state index contributed by atoms with van der Waals surface area (Å²) in [6.45, 7) is 0. The first-order chi connectivity index (χ1) is 10.3. The lowest BCUT2D eigenvalue weighted by Gasteiger charge is -2.06. The van der Waals surface area contributed by atoms with Crippen LogP contribution < -0.4 is 5.73 Å². The number of benzene rings is 2. The van der Waals surface area contributed by atoms with Gasteiger partial charge in [-0.25, -0.2) is 0 Å². The van der Waals surface area contributed by atoms with Gasteiger partial charge in [0.25, 0.3) is 0 Å². The number of para-hydroxylation sites is 1. The molecule has 0 amide bonds. The number of rotatable bonds is 2. The molecule has 0 unspecified atom stereocenters. The third-order valence-corrected chi connectivity index (χ3v) is 3.71. The van der Waals surface area contributed by atoms with Gasteiger partial charge in [0, 0.05) is 17.1 Å². The molecule has 4 rings (SSSR count). The van der Waals surface area contributed by atoms with Crippen LogP contribution in [0.15, 0.2) is 60.8 Å². The Labute approximate surface area is 121 Å². The second-order valence-electron chi connectivity index (χ2n) is 4.97. The Balaban J connectivity index is 2.01. The van der Waals surface area contributed by atoms with E-state index in [9.17, 15) is 0 Å². The van der Waals surface area contributed by atoms with Crippen LogP contribution in [-0.4, -0.2) is 15.2 Å². The Hall–Kier alpha value is -3.01. The van der Waals surface area contributed by atoms with Crippen molar-refractivity contribution in [3.63, 3.8) is 0 Å². The van der Waals surface area contributed by atoms with Crippen molar-refractivity contribution < 1.29 is 0 Å². The van der Waals surface area contributed by atoms with Crippen LogP contribution in [0.5, 0.6) is 0 Å². The summed E-state index contributed by atoms with van der Waals surface area (Å²) in [7, 11) is 0. The second-order valence-corrected chi connectivity index (χ2v) is 4.97. The molecule has 0 fully saturated rings. The van der Waals surface area contributed by atoms with Gasteiger partial charge >= 0.3 is 0 Å². The summed E-state index contributed by atoms with van der Waals surface area (Å²) in [5.74, 6) is 0.514. The fraction of sp³-hybridized carbons (Fsp3) is 0. The van der Waals surface area contributed by atoms with Crippen LogP contribution in [-0.2, 0) is 0 Å². The van der Waals surface area contributed by atoms with Crippen LogP contribution in [0.2, 0.25) is 0 Å². The molecule has 0 aliphatic carbocycles. The van der Waals surface area contributed by atoms with Crippen LogP contribution in [0.4, 0.5) is 5.82 Å². The second kappa shape index (κ2) is 4.52. The van der Waals surface area contributed by atoms with E-state index < -0.39 is 0 Å². The van der Waals surface area contributed by atoms with E-state index in [0.717, 1.165) is 27.9 Å². The van der Waals surface area contributed by atoms with Crippen molar-refractivity contribution >= 4 is 16.7 Å². The zero-order chi connectivity index (χ0) is 14.2. The van der Waals surface area contributed by atoms with Gasteiger partial charge < -0.3 is 10.7 Å². The Kier molecular flexibility index (Phi) is 2.54.